The summed E-state index contributed by atoms with van der Waals surface area (Å²) in [6.07, 6.45) is 1.42. The molecule has 1 aromatic heterocycles. The lowest BCUT2D eigenvalue weighted by Crippen LogP contribution is -2.20. The van der Waals surface area contributed by atoms with Crippen LogP contribution in [0, 0.1) is 17.0 Å². The van der Waals surface area contributed by atoms with Crippen LogP contribution in [0.5, 0.6) is 0 Å². The largest absolute Gasteiger partial charge is 0.339 e. The number of nitrogens with zero attached hydrogens (tertiary/aromatic N) is 5. The van der Waals surface area contributed by atoms with Gasteiger partial charge >= 0.3 is 0 Å². The van der Waals surface area contributed by atoms with Crippen LogP contribution in [0.4, 0.5) is 17.1 Å². The quantitative estimate of drug-likeness (QED) is 0.277. The molecule has 0 unspecified atom stereocenters. The molecule has 3 aromatic carbocycles. The number of rotatable bonds is 5. The van der Waals surface area contributed by atoms with Crippen molar-refractivity contribution in [1.82, 2.24) is 9.66 Å². The first-order valence-electron chi connectivity index (χ1n) is 9.55. The molecular weight excluding hydrogens is 394 g/mol. The lowest BCUT2D eigenvalue weighted by molar-refractivity contribution is -0.384. The minimum absolute atomic E-state index is 0.0593. The minimum atomic E-state index is -0.429. The van der Waals surface area contributed by atoms with E-state index in [9.17, 15) is 14.9 Å². The second-order valence-electron chi connectivity index (χ2n) is 6.94. The third kappa shape index (κ3) is 3.91. The van der Waals surface area contributed by atoms with Crippen LogP contribution in [-0.2, 0) is 0 Å². The highest BCUT2D eigenvalue weighted by Gasteiger charge is 2.18. The van der Waals surface area contributed by atoms with Crippen molar-refractivity contribution in [3.05, 3.63) is 105 Å². The van der Waals surface area contributed by atoms with Gasteiger partial charge in [-0.2, -0.15) is 9.78 Å². The van der Waals surface area contributed by atoms with Gasteiger partial charge < -0.3 is 4.90 Å². The third-order valence-corrected chi connectivity index (χ3v) is 4.94. The molecule has 8 nitrogen and oxygen atoms in total. The Balaban J connectivity index is 1.73. The van der Waals surface area contributed by atoms with Crippen LogP contribution in [0.1, 0.15) is 11.4 Å². The first-order valence-corrected chi connectivity index (χ1v) is 9.55. The van der Waals surface area contributed by atoms with Gasteiger partial charge in [0.25, 0.3) is 11.2 Å². The van der Waals surface area contributed by atoms with Crippen LogP contribution >= 0.6 is 0 Å². The maximum Gasteiger partial charge on any atom is 0.293 e. The van der Waals surface area contributed by atoms with Crippen LogP contribution in [-0.4, -0.2) is 27.8 Å². The summed E-state index contributed by atoms with van der Waals surface area (Å²) in [6.45, 7) is 1.69. The number of anilines is 2. The van der Waals surface area contributed by atoms with Gasteiger partial charge in [-0.1, -0.05) is 36.4 Å². The van der Waals surface area contributed by atoms with Gasteiger partial charge in [0.2, 0.25) is 0 Å². The van der Waals surface area contributed by atoms with E-state index in [1.807, 2.05) is 36.4 Å². The van der Waals surface area contributed by atoms with Crippen molar-refractivity contribution in [3.63, 3.8) is 0 Å². The summed E-state index contributed by atoms with van der Waals surface area (Å²) in [4.78, 5) is 30.2. The summed E-state index contributed by atoms with van der Waals surface area (Å²) in [5.74, 6) is 0.426. The summed E-state index contributed by atoms with van der Waals surface area (Å²) >= 11 is 0. The summed E-state index contributed by atoms with van der Waals surface area (Å²) in [6, 6.07) is 21.2. The molecule has 0 aliphatic heterocycles. The van der Waals surface area contributed by atoms with Gasteiger partial charge in [-0.3, -0.25) is 14.9 Å². The number of hydrogen-bond acceptors (Lipinski definition) is 6. The van der Waals surface area contributed by atoms with Gasteiger partial charge in [0.05, 0.1) is 22.0 Å². The minimum Gasteiger partial charge on any atom is -0.339 e. The zero-order chi connectivity index (χ0) is 22.0. The molecule has 0 aliphatic rings. The van der Waals surface area contributed by atoms with E-state index in [4.69, 9.17) is 0 Å². The number of hydrogen-bond donors (Lipinski definition) is 0. The third-order valence-electron chi connectivity index (χ3n) is 4.94. The van der Waals surface area contributed by atoms with E-state index in [2.05, 4.69) is 10.1 Å². The SMILES string of the molecule is Cc1nc2ccccc2c(=O)n1N=Cc1ccc(N(C)c2ccccc2)c([N+](=O)[O-])c1. The van der Waals surface area contributed by atoms with E-state index in [1.54, 1.807) is 49.2 Å². The predicted molar refractivity (Wildman–Crippen MR) is 121 cm³/mol. The molecule has 0 N–H and O–H groups in total. The van der Waals surface area contributed by atoms with Crippen LogP contribution < -0.4 is 10.5 Å². The van der Waals surface area contributed by atoms with E-state index in [1.165, 1.54) is 17.0 Å². The van der Waals surface area contributed by atoms with E-state index in [0.717, 1.165) is 5.69 Å². The second-order valence-corrected chi connectivity index (χ2v) is 6.94. The molecule has 0 amide bonds. The Hall–Kier alpha value is -4.33. The van der Waals surface area contributed by atoms with Gasteiger partial charge in [0, 0.05) is 24.4 Å². The number of nitro benzene ring substituents is 1. The average molecular weight is 413 g/mol. The summed E-state index contributed by atoms with van der Waals surface area (Å²) in [7, 11) is 1.77. The van der Waals surface area contributed by atoms with Crippen molar-refractivity contribution < 1.29 is 4.92 Å². The molecule has 8 heteroatoms. The highest BCUT2D eigenvalue weighted by atomic mass is 16.6. The molecule has 0 bridgehead atoms. The Labute approximate surface area is 177 Å². The highest BCUT2D eigenvalue weighted by molar-refractivity contribution is 5.84. The first-order chi connectivity index (χ1) is 15.0. The van der Waals surface area contributed by atoms with E-state index < -0.39 is 4.92 Å². The van der Waals surface area contributed by atoms with Crippen molar-refractivity contribution in [2.75, 3.05) is 11.9 Å². The van der Waals surface area contributed by atoms with Crippen molar-refractivity contribution in [3.8, 4) is 0 Å². The molecule has 0 fully saturated rings. The number of benzene rings is 3. The zero-order valence-corrected chi connectivity index (χ0v) is 17.0. The van der Waals surface area contributed by atoms with Gasteiger partial charge in [-0.15, -0.1) is 0 Å². The number of aryl methyl sites for hydroxylation is 1. The maximum atomic E-state index is 12.7. The topological polar surface area (TPSA) is 93.6 Å². The fourth-order valence-electron chi connectivity index (χ4n) is 3.34. The van der Waals surface area contributed by atoms with Crippen molar-refractivity contribution in [1.29, 1.82) is 0 Å². The normalized spacial score (nSPS) is 11.2. The first kappa shape index (κ1) is 20.0. The predicted octanol–water partition coefficient (Wildman–Crippen LogP) is 4.26. The zero-order valence-electron chi connectivity index (χ0n) is 17.0. The van der Waals surface area contributed by atoms with E-state index >= 15 is 0 Å². The molecule has 4 rings (SSSR count). The summed E-state index contributed by atoms with van der Waals surface area (Å²) in [5.41, 5.74) is 2.02. The van der Waals surface area contributed by atoms with Crippen LogP contribution in [0.25, 0.3) is 10.9 Å². The average Bonchev–Trinajstić information content (AvgIpc) is 2.79. The van der Waals surface area contributed by atoms with Crippen molar-refractivity contribution in [2.24, 2.45) is 5.10 Å². The Morgan fingerprint density at radius 2 is 1.77 bits per heavy atom. The van der Waals surface area contributed by atoms with Gasteiger partial charge in [-0.25, -0.2) is 4.98 Å². The molecule has 0 aliphatic carbocycles. The molecule has 0 saturated carbocycles. The number of nitro groups is 1. The fraction of sp³-hybridized carbons (Fsp3) is 0.0870. The smallest absolute Gasteiger partial charge is 0.293 e. The van der Waals surface area contributed by atoms with Crippen LogP contribution in [0.15, 0.2) is 82.7 Å². The molecule has 4 aromatic rings. The molecule has 0 spiro atoms. The number of fused-ring (bicyclic) bond motifs is 1. The molecule has 0 atom stereocenters. The molecule has 31 heavy (non-hydrogen) atoms. The Bertz CT molecular complexity index is 1360. The molecule has 0 radical (unpaired) electrons. The van der Waals surface area contributed by atoms with Crippen LogP contribution in [0.2, 0.25) is 0 Å². The maximum absolute atomic E-state index is 12.7. The lowest BCUT2D eigenvalue weighted by Gasteiger charge is -2.19. The monoisotopic (exact) mass is 413 g/mol. The highest BCUT2D eigenvalue weighted by Crippen LogP contribution is 2.32. The lowest BCUT2D eigenvalue weighted by atomic mass is 10.1. The van der Waals surface area contributed by atoms with E-state index in [0.29, 0.717) is 28.0 Å². The molecular formula is C23H19N5O3. The van der Waals surface area contributed by atoms with Crippen molar-refractivity contribution in [2.45, 2.75) is 6.92 Å². The van der Waals surface area contributed by atoms with Gasteiger partial charge in [0.15, 0.2) is 0 Å². The standard InChI is InChI=1S/C23H19N5O3/c1-16-25-20-11-7-6-10-19(20)23(29)27(16)24-15-17-12-13-21(22(14-17)28(30)31)26(2)18-8-4-3-5-9-18/h3-15H,1-2H3. The van der Waals surface area contributed by atoms with Crippen molar-refractivity contribution >= 4 is 34.2 Å². The summed E-state index contributed by atoms with van der Waals surface area (Å²) < 4.78 is 1.19. The summed E-state index contributed by atoms with van der Waals surface area (Å²) in [5, 5.41) is 16.4. The van der Waals surface area contributed by atoms with Crippen LogP contribution in [0.3, 0.4) is 0 Å². The molecule has 1 heterocycles. The molecule has 0 saturated heterocycles. The second kappa shape index (κ2) is 8.19. The fourth-order valence-corrected chi connectivity index (χ4v) is 3.34. The Kier molecular flexibility index (Phi) is 5.28. The van der Waals surface area contributed by atoms with Gasteiger partial charge in [-0.05, 0) is 37.3 Å². The number of para-hydroxylation sites is 2. The Morgan fingerprint density at radius 3 is 2.52 bits per heavy atom. The number of aromatic nitrogens is 2. The molecule has 154 valence electrons. The Morgan fingerprint density at radius 1 is 1.06 bits per heavy atom. The van der Waals surface area contributed by atoms with Gasteiger partial charge in [0.1, 0.15) is 11.5 Å². The van der Waals surface area contributed by atoms with E-state index in [-0.39, 0.29) is 11.2 Å².